The highest BCUT2D eigenvalue weighted by atomic mass is 16.5. The van der Waals surface area contributed by atoms with Crippen LogP contribution in [0.15, 0.2) is 12.3 Å². The monoisotopic (exact) mass is 332 g/mol. The number of ether oxygens (including phenoxy) is 1. The lowest BCUT2D eigenvalue weighted by molar-refractivity contribution is -0.0268. The van der Waals surface area contributed by atoms with Gasteiger partial charge in [-0.1, -0.05) is 0 Å². The molecule has 2 saturated heterocycles. The SMILES string of the molecule is CCn1ccc(C(=O)N2CC(N(CC3CC3)C3CCOCC3)C2)n1. The minimum Gasteiger partial charge on any atom is -0.381 e. The predicted octanol–water partition coefficient (Wildman–Crippen LogP) is 1.62. The Morgan fingerprint density at radius 1 is 1.25 bits per heavy atom. The van der Waals surface area contributed by atoms with E-state index in [1.165, 1.54) is 19.4 Å². The number of carbonyl (C=O) groups excluding carboxylic acids is 1. The summed E-state index contributed by atoms with van der Waals surface area (Å²) in [6, 6.07) is 2.99. The van der Waals surface area contributed by atoms with Crippen LogP contribution in [0.3, 0.4) is 0 Å². The van der Waals surface area contributed by atoms with Crippen molar-refractivity contribution in [2.24, 2.45) is 5.92 Å². The Morgan fingerprint density at radius 3 is 2.62 bits per heavy atom. The van der Waals surface area contributed by atoms with Gasteiger partial charge in [0.25, 0.3) is 5.91 Å². The van der Waals surface area contributed by atoms with Crippen LogP contribution in [0.4, 0.5) is 0 Å². The second-order valence-corrected chi connectivity index (χ2v) is 7.40. The number of aromatic nitrogens is 2. The third kappa shape index (κ3) is 3.35. The third-order valence-electron chi connectivity index (χ3n) is 5.63. The van der Waals surface area contributed by atoms with Gasteiger partial charge in [-0.3, -0.25) is 14.4 Å². The molecule has 0 atom stereocenters. The summed E-state index contributed by atoms with van der Waals surface area (Å²) in [5.74, 6) is 0.967. The lowest BCUT2D eigenvalue weighted by Crippen LogP contribution is -2.64. The van der Waals surface area contributed by atoms with Crippen LogP contribution in [0.25, 0.3) is 0 Å². The molecule has 2 aliphatic heterocycles. The van der Waals surface area contributed by atoms with E-state index in [1.54, 1.807) is 0 Å². The van der Waals surface area contributed by atoms with Crippen molar-refractivity contribution >= 4 is 5.91 Å². The van der Waals surface area contributed by atoms with E-state index in [-0.39, 0.29) is 5.91 Å². The number of amides is 1. The normalized spacial score (nSPS) is 22.8. The quantitative estimate of drug-likeness (QED) is 0.794. The molecule has 0 bridgehead atoms. The molecular formula is C18H28N4O2. The maximum Gasteiger partial charge on any atom is 0.274 e. The highest BCUT2D eigenvalue weighted by Crippen LogP contribution is 2.34. The van der Waals surface area contributed by atoms with Gasteiger partial charge in [-0.2, -0.15) is 5.10 Å². The summed E-state index contributed by atoms with van der Waals surface area (Å²) in [5.41, 5.74) is 0.579. The molecule has 0 aromatic carbocycles. The maximum atomic E-state index is 12.5. The fraction of sp³-hybridized carbons (Fsp3) is 0.778. The average molecular weight is 332 g/mol. The van der Waals surface area contributed by atoms with Crippen LogP contribution in [0.2, 0.25) is 0 Å². The van der Waals surface area contributed by atoms with Crippen LogP contribution in [0.5, 0.6) is 0 Å². The first-order chi connectivity index (χ1) is 11.7. The van der Waals surface area contributed by atoms with Crippen molar-refractivity contribution in [3.63, 3.8) is 0 Å². The molecule has 24 heavy (non-hydrogen) atoms. The zero-order chi connectivity index (χ0) is 16.5. The molecule has 4 rings (SSSR count). The van der Waals surface area contributed by atoms with Crippen LogP contribution in [0, 0.1) is 5.92 Å². The Bertz CT molecular complexity index is 571. The largest absolute Gasteiger partial charge is 0.381 e. The molecule has 6 nitrogen and oxygen atoms in total. The van der Waals surface area contributed by atoms with Crippen molar-refractivity contribution in [2.75, 3.05) is 32.8 Å². The number of hydrogen-bond acceptors (Lipinski definition) is 4. The number of aryl methyl sites for hydroxylation is 1. The van der Waals surface area contributed by atoms with Crippen LogP contribution >= 0.6 is 0 Å². The maximum absolute atomic E-state index is 12.5. The van der Waals surface area contributed by atoms with Gasteiger partial charge in [-0.05, 0) is 44.6 Å². The van der Waals surface area contributed by atoms with E-state index in [1.807, 2.05) is 28.8 Å². The minimum absolute atomic E-state index is 0.0804. The van der Waals surface area contributed by atoms with Crippen molar-refractivity contribution < 1.29 is 9.53 Å². The van der Waals surface area contributed by atoms with Gasteiger partial charge in [0.2, 0.25) is 0 Å². The first-order valence-corrected chi connectivity index (χ1v) is 9.41. The summed E-state index contributed by atoms with van der Waals surface area (Å²) in [6.45, 7) is 7.51. The molecule has 1 aromatic rings. The average Bonchev–Trinajstić information content (AvgIpc) is 3.26. The lowest BCUT2D eigenvalue weighted by atomic mass is 9.99. The van der Waals surface area contributed by atoms with E-state index in [4.69, 9.17) is 4.74 Å². The molecule has 1 aromatic heterocycles. The van der Waals surface area contributed by atoms with Crippen molar-refractivity contribution in [3.8, 4) is 0 Å². The number of likely N-dealkylation sites (tertiary alicyclic amines) is 1. The number of carbonyl (C=O) groups is 1. The van der Waals surface area contributed by atoms with Gasteiger partial charge in [-0.15, -0.1) is 0 Å². The summed E-state index contributed by atoms with van der Waals surface area (Å²) in [5, 5.41) is 4.35. The van der Waals surface area contributed by atoms with Gasteiger partial charge in [-0.25, -0.2) is 0 Å². The zero-order valence-electron chi connectivity index (χ0n) is 14.6. The van der Waals surface area contributed by atoms with Gasteiger partial charge in [0, 0.05) is 57.7 Å². The second kappa shape index (κ2) is 6.84. The molecule has 6 heteroatoms. The van der Waals surface area contributed by atoms with E-state index in [0.29, 0.717) is 17.8 Å². The zero-order valence-corrected chi connectivity index (χ0v) is 14.6. The van der Waals surface area contributed by atoms with Crippen LogP contribution in [-0.4, -0.2) is 70.4 Å². The van der Waals surface area contributed by atoms with Crippen molar-refractivity contribution in [3.05, 3.63) is 18.0 Å². The summed E-state index contributed by atoms with van der Waals surface area (Å²) < 4.78 is 7.34. The summed E-state index contributed by atoms with van der Waals surface area (Å²) in [4.78, 5) is 17.2. The first-order valence-electron chi connectivity index (χ1n) is 9.41. The van der Waals surface area contributed by atoms with E-state index >= 15 is 0 Å². The first kappa shape index (κ1) is 16.1. The van der Waals surface area contributed by atoms with Crippen LogP contribution in [-0.2, 0) is 11.3 Å². The van der Waals surface area contributed by atoms with Crippen molar-refractivity contribution in [1.29, 1.82) is 0 Å². The van der Waals surface area contributed by atoms with Crippen molar-refractivity contribution in [1.82, 2.24) is 19.6 Å². The molecule has 0 spiro atoms. The van der Waals surface area contributed by atoms with Gasteiger partial charge in [0.05, 0.1) is 0 Å². The Labute approximate surface area is 143 Å². The van der Waals surface area contributed by atoms with E-state index in [0.717, 1.165) is 51.6 Å². The van der Waals surface area contributed by atoms with E-state index in [2.05, 4.69) is 10.00 Å². The Balaban J connectivity index is 1.35. The molecule has 1 saturated carbocycles. The van der Waals surface area contributed by atoms with Crippen LogP contribution < -0.4 is 0 Å². The lowest BCUT2D eigenvalue weighted by Gasteiger charge is -2.49. The molecule has 0 unspecified atom stereocenters. The van der Waals surface area contributed by atoms with E-state index < -0.39 is 0 Å². The molecule has 0 radical (unpaired) electrons. The topological polar surface area (TPSA) is 50.6 Å². The number of hydrogen-bond donors (Lipinski definition) is 0. The molecule has 0 N–H and O–H groups in total. The summed E-state index contributed by atoms with van der Waals surface area (Å²) in [7, 11) is 0. The predicted molar refractivity (Wildman–Crippen MR) is 90.9 cm³/mol. The molecular weight excluding hydrogens is 304 g/mol. The smallest absolute Gasteiger partial charge is 0.274 e. The molecule has 1 aliphatic carbocycles. The van der Waals surface area contributed by atoms with Gasteiger partial charge >= 0.3 is 0 Å². The highest BCUT2D eigenvalue weighted by Gasteiger charge is 2.40. The Hall–Kier alpha value is -1.40. The molecule has 3 heterocycles. The molecule has 3 aliphatic rings. The summed E-state index contributed by atoms with van der Waals surface area (Å²) in [6.07, 6.45) is 6.91. The van der Waals surface area contributed by atoms with Crippen LogP contribution in [0.1, 0.15) is 43.1 Å². The number of nitrogens with zero attached hydrogens (tertiary/aromatic N) is 4. The van der Waals surface area contributed by atoms with Gasteiger partial charge in [0.1, 0.15) is 5.69 Å². The highest BCUT2D eigenvalue weighted by molar-refractivity contribution is 5.92. The number of rotatable bonds is 6. The minimum atomic E-state index is 0.0804. The third-order valence-corrected chi connectivity index (χ3v) is 5.63. The molecule has 3 fully saturated rings. The van der Waals surface area contributed by atoms with Crippen molar-refractivity contribution in [2.45, 2.75) is 51.2 Å². The van der Waals surface area contributed by atoms with E-state index in [9.17, 15) is 4.79 Å². The summed E-state index contributed by atoms with van der Waals surface area (Å²) >= 11 is 0. The van der Waals surface area contributed by atoms with Gasteiger partial charge in [0.15, 0.2) is 0 Å². The van der Waals surface area contributed by atoms with Gasteiger partial charge < -0.3 is 9.64 Å². The Morgan fingerprint density at radius 2 is 2.00 bits per heavy atom. The standard InChI is InChI=1S/C18H28N4O2/c1-2-21-8-5-17(19-21)18(23)20-12-16(13-20)22(11-14-3-4-14)15-6-9-24-10-7-15/h5,8,14-16H,2-4,6-7,9-13H2,1H3. The fourth-order valence-corrected chi connectivity index (χ4v) is 3.86. The second-order valence-electron chi connectivity index (χ2n) is 7.40. The molecule has 132 valence electrons. The fourth-order valence-electron chi connectivity index (χ4n) is 3.86. The Kier molecular flexibility index (Phi) is 4.59. The molecule has 1 amide bonds.